The van der Waals surface area contributed by atoms with Crippen molar-refractivity contribution in [2.75, 3.05) is 37.7 Å². The Hall–Kier alpha value is -1.30. The molecule has 0 radical (unpaired) electrons. The maximum Gasteiger partial charge on any atom is 0.240 e. The lowest BCUT2D eigenvalue weighted by molar-refractivity contribution is -0.129. The third-order valence-corrected chi connectivity index (χ3v) is 5.42. The Labute approximate surface area is 148 Å². The average Bonchev–Trinajstić information content (AvgIpc) is 3.04. The zero-order valence-corrected chi connectivity index (χ0v) is 14.9. The van der Waals surface area contributed by atoms with Crippen LogP contribution in [-0.4, -0.2) is 44.3 Å². The van der Waals surface area contributed by atoms with E-state index in [4.69, 9.17) is 22.1 Å². The molecule has 3 rings (SSSR count). The summed E-state index contributed by atoms with van der Waals surface area (Å²) in [4.78, 5) is 14.8. The van der Waals surface area contributed by atoms with Crippen LogP contribution in [0.25, 0.3) is 0 Å². The second-order valence-electron chi connectivity index (χ2n) is 7.01. The van der Waals surface area contributed by atoms with Crippen LogP contribution in [0.3, 0.4) is 0 Å². The number of nitrogens with zero attached hydrogens (tertiary/aromatic N) is 1. The number of aryl methyl sites for hydroxylation is 1. The first-order chi connectivity index (χ1) is 11.5. The van der Waals surface area contributed by atoms with Gasteiger partial charge < -0.3 is 20.7 Å². The van der Waals surface area contributed by atoms with E-state index in [-0.39, 0.29) is 5.91 Å². The predicted octanol–water partition coefficient (Wildman–Crippen LogP) is 2.10. The lowest BCUT2D eigenvalue weighted by Crippen LogP contribution is -2.57. The number of carbonyl (C=O) groups is 1. The highest BCUT2D eigenvalue weighted by atomic mass is 35.5. The van der Waals surface area contributed by atoms with Gasteiger partial charge in [-0.05, 0) is 49.8 Å². The standard InChI is InChI=1S/C18H26ClN3O2/c1-13-2-3-15(19)10-16(13)22-7-4-14(12-22)11-21-17(23)18(20)5-8-24-9-6-18/h2-3,10,14H,4-9,11-12,20H2,1H3,(H,21,23). The van der Waals surface area contributed by atoms with Gasteiger partial charge in [0.2, 0.25) is 5.91 Å². The van der Waals surface area contributed by atoms with E-state index in [1.807, 2.05) is 12.1 Å². The van der Waals surface area contributed by atoms with Crippen molar-refractivity contribution < 1.29 is 9.53 Å². The molecule has 1 aromatic carbocycles. The highest BCUT2D eigenvalue weighted by Crippen LogP contribution is 2.29. The second-order valence-corrected chi connectivity index (χ2v) is 7.45. The van der Waals surface area contributed by atoms with Crippen molar-refractivity contribution >= 4 is 23.2 Å². The van der Waals surface area contributed by atoms with Gasteiger partial charge in [-0.3, -0.25) is 4.79 Å². The summed E-state index contributed by atoms with van der Waals surface area (Å²) in [6.45, 7) is 5.83. The summed E-state index contributed by atoms with van der Waals surface area (Å²) in [6.07, 6.45) is 2.25. The molecule has 2 fully saturated rings. The highest BCUT2D eigenvalue weighted by Gasteiger charge is 2.36. The molecule has 1 unspecified atom stereocenters. The van der Waals surface area contributed by atoms with Gasteiger partial charge in [0.15, 0.2) is 0 Å². The van der Waals surface area contributed by atoms with Gasteiger partial charge in [-0.25, -0.2) is 0 Å². The van der Waals surface area contributed by atoms with Crippen molar-refractivity contribution in [3.05, 3.63) is 28.8 Å². The van der Waals surface area contributed by atoms with Gasteiger partial charge in [0, 0.05) is 43.6 Å². The molecule has 24 heavy (non-hydrogen) atoms. The maximum atomic E-state index is 12.4. The minimum Gasteiger partial charge on any atom is -0.381 e. The SMILES string of the molecule is Cc1ccc(Cl)cc1N1CCC(CNC(=O)C2(N)CCOCC2)C1. The normalized spacial score (nSPS) is 23.3. The molecular weight excluding hydrogens is 326 g/mol. The molecule has 132 valence electrons. The molecule has 0 spiro atoms. The van der Waals surface area contributed by atoms with Gasteiger partial charge in [0.25, 0.3) is 0 Å². The number of hydrogen-bond acceptors (Lipinski definition) is 4. The maximum absolute atomic E-state index is 12.4. The van der Waals surface area contributed by atoms with E-state index in [9.17, 15) is 4.79 Å². The summed E-state index contributed by atoms with van der Waals surface area (Å²) < 4.78 is 5.30. The largest absolute Gasteiger partial charge is 0.381 e. The third-order valence-electron chi connectivity index (χ3n) is 5.19. The number of halogens is 1. The fourth-order valence-corrected chi connectivity index (χ4v) is 3.68. The molecule has 1 atom stereocenters. The number of benzene rings is 1. The van der Waals surface area contributed by atoms with E-state index >= 15 is 0 Å². The van der Waals surface area contributed by atoms with Crippen LogP contribution in [0.1, 0.15) is 24.8 Å². The van der Waals surface area contributed by atoms with Crippen molar-refractivity contribution in [2.24, 2.45) is 11.7 Å². The van der Waals surface area contributed by atoms with Gasteiger partial charge in [-0.1, -0.05) is 17.7 Å². The van der Waals surface area contributed by atoms with Crippen LogP contribution in [0.15, 0.2) is 18.2 Å². The summed E-state index contributed by atoms with van der Waals surface area (Å²) in [7, 11) is 0. The molecule has 2 aliphatic rings. The van der Waals surface area contributed by atoms with Crippen LogP contribution in [0.5, 0.6) is 0 Å². The Bertz CT molecular complexity index is 602. The molecular formula is C18H26ClN3O2. The first kappa shape index (κ1) is 17.5. The molecule has 0 aromatic heterocycles. The van der Waals surface area contributed by atoms with E-state index < -0.39 is 5.54 Å². The van der Waals surface area contributed by atoms with Crippen LogP contribution in [0.4, 0.5) is 5.69 Å². The van der Waals surface area contributed by atoms with E-state index in [1.165, 1.54) is 11.3 Å². The van der Waals surface area contributed by atoms with Crippen LogP contribution >= 0.6 is 11.6 Å². The number of nitrogens with one attached hydrogen (secondary N) is 1. The van der Waals surface area contributed by atoms with Crippen molar-refractivity contribution in [1.82, 2.24) is 5.32 Å². The second kappa shape index (κ2) is 7.30. The highest BCUT2D eigenvalue weighted by molar-refractivity contribution is 6.30. The molecule has 5 nitrogen and oxygen atoms in total. The van der Waals surface area contributed by atoms with E-state index in [0.29, 0.717) is 38.5 Å². The number of ether oxygens (including phenoxy) is 1. The molecule has 0 aliphatic carbocycles. The Morgan fingerprint density at radius 2 is 2.21 bits per heavy atom. The molecule has 6 heteroatoms. The van der Waals surface area contributed by atoms with Crippen molar-refractivity contribution in [2.45, 2.75) is 31.7 Å². The lowest BCUT2D eigenvalue weighted by Gasteiger charge is -2.32. The summed E-state index contributed by atoms with van der Waals surface area (Å²) in [5.74, 6) is 0.402. The minimum atomic E-state index is -0.764. The zero-order chi connectivity index (χ0) is 17.2. The lowest BCUT2D eigenvalue weighted by atomic mass is 9.90. The molecule has 0 saturated carbocycles. The van der Waals surface area contributed by atoms with E-state index in [2.05, 4.69) is 23.2 Å². The van der Waals surface area contributed by atoms with Crippen LogP contribution in [-0.2, 0) is 9.53 Å². The van der Waals surface area contributed by atoms with Crippen LogP contribution < -0.4 is 16.0 Å². The number of carbonyl (C=O) groups excluding carboxylic acids is 1. The molecule has 2 saturated heterocycles. The van der Waals surface area contributed by atoms with E-state index in [1.54, 1.807) is 0 Å². The topological polar surface area (TPSA) is 67.6 Å². The fraction of sp³-hybridized carbons (Fsp3) is 0.611. The number of anilines is 1. The van der Waals surface area contributed by atoms with E-state index in [0.717, 1.165) is 24.5 Å². The van der Waals surface area contributed by atoms with Gasteiger partial charge in [-0.2, -0.15) is 0 Å². The molecule has 2 aliphatic heterocycles. The average molecular weight is 352 g/mol. The van der Waals surface area contributed by atoms with Gasteiger partial charge >= 0.3 is 0 Å². The summed E-state index contributed by atoms with van der Waals surface area (Å²) in [5.41, 5.74) is 7.88. The number of rotatable bonds is 4. The summed E-state index contributed by atoms with van der Waals surface area (Å²) >= 11 is 6.13. The van der Waals surface area contributed by atoms with Crippen molar-refractivity contribution in [3.63, 3.8) is 0 Å². The van der Waals surface area contributed by atoms with Crippen molar-refractivity contribution in [1.29, 1.82) is 0 Å². The zero-order valence-electron chi connectivity index (χ0n) is 14.2. The van der Waals surface area contributed by atoms with Gasteiger partial charge in [0.1, 0.15) is 0 Å². The Morgan fingerprint density at radius 3 is 2.96 bits per heavy atom. The van der Waals surface area contributed by atoms with Crippen molar-refractivity contribution in [3.8, 4) is 0 Å². The number of nitrogens with two attached hydrogens (primary N) is 1. The van der Waals surface area contributed by atoms with Gasteiger partial charge in [0.05, 0.1) is 5.54 Å². The monoisotopic (exact) mass is 351 g/mol. The molecule has 0 bridgehead atoms. The first-order valence-electron chi connectivity index (χ1n) is 8.64. The first-order valence-corrected chi connectivity index (χ1v) is 9.02. The summed E-state index contributed by atoms with van der Waals surface area (Å²) in [5, 5.41) is 3.82. The van der Waals surface area contributed by atoms with Crippen LogP contribution in [0, 0.1) is 12.8 Å². The smallest absolute Gasteiger partial charge is 0.240 e. The number of hydrogen-bond donors (Lipinski definition) is 2. The molecule has 1 aromatic rings. The quantitative estimate of drug-likeness (QED) is 0.871. The molecule has 2 heterocycles. The predicted molar refractivity (Wildman–Crippen MR) is 96.5 cm³/mol. The number of amides is 1. The minimum absolute atomic E-state index is 0.0387. The third kappa shape index (κ3) is 3.85. The Balaban J connectivity index is 1.53. The Morgan fingerprint density at radius 1 is 1.46 bits per heavy atom. The Kier molecular flexibility index (Phi) is 5.33. The fourth-order valence-electron chi connectivity index (χ4n) is 3.52. The van der Waals surface area contributed by atoms with Crippen LogP contribution in [0.2, 0.25) is 5.02 Å². The molecule has 3 N–H and O–H groups in total. The summed E-state index contributed by atoms with van der Waals surface area (Å²) in [6, 6.07) is 5.99. The van der Waals surface area contributed by atoms with Gasteiger partial charge in [-0.15, -0.1) is 0 Å². The molecule has 1 amide bonds.